The Morgan fingerprint density at radius 2 is 1.76 bits per heavy atom. The van der Waals surface area contributed by atoms with Crippen LogP contribution < -0.4 is 11.1 Å². The molecule has 2 saturated carbocycles. The van der Waals surface area contributed by atoms with Crippen molar-refractivity contribution in [3.63, 3.8) is 0 Å². The summed E-state index contributed by atoms with van der Waals surface area (Å²) >= 11 is 0. The van der Waals surface area contributed by atoms with E-state index in [2.05, 4.69) is 10.2 Å². The molecule has 4 aliphatic rings. The van der Waals surface area contributed by atoms with Gasteiger partial charge in [-0.2, -0.15) is 0 Å². The Labute approximate surface area is 176 Å². The summed E-state index contributed by atoms with van der Waals surface area (Å²) in [5, 5.41) is 22.8. The number of piperidine rings is 2. The number of hydrogen-bond acceptors (Lipinski definition) is 5. The molecule has 5 N–H and O–H groups in total. The van der Waals surface area contributed by atoms with E-state index >= 15 is 0 Å². The Hall–Kier alpha value is -0.625. The van der Waals surface area contributed by atoms with E-state index < -0.39 is 7.12 Å². The second-order valence-electron chi connectivity index (χ2n) is 10.3. The molecule has 0 bridgehead atoms. The van der Waals surface area contributed by atoms with Crippen molar-refractivity contribution in [2.45, 2.75) is 70.1 Å². The van der Waals surface area contributed by atoms with Crippen molar-refractivity contribution in [3.8, 4) is 0 Å². The standard InChI is InChI=1S/C22H40BN3O3/c24-14-15-2-1-3-18(12-15)16-7-10-26(11-8-16)22(27)19-5-4-17-6-9-25-21(23(28)29)20(17)13-19/h15-21,25,28-29H,1-14,24H2. The molecule has 0 aromatic rings. The summed E-state index contributed by atoms with van der Waals surface area (Å²) in [7, 11) is -1.33. The van der Waals surface area contributed by atoms with Gasteiger partial charge in [-0.25, -0.2) is 0 Å². The number of fused-ring (bicyclic) bond motifs is 1. The number of nitrogens with zero attached hydrogens (tertiary/aromatic N) is 1. The zero-order valence-corrected chi connectivity index (χ0v) is 17.8. The van der Waals surface area contributed by atoms with Gasteiger partial charge in [0, 0.05) is 24.9 Å². The van der Waals surface area contributed by atoms with E-state index in [1.165, 1.54) is 25.7 Å². The number of carbonyl (C=O) groups excluding carboxylic acids is 1. The number of likely N-dealkylation sites (tertiary alicyclic amines) is 1. The molecule has 6 nitrogen and oxygen atoms in total. The molecule has 2 aliphatic heterocycles. The number of nitrogens with one attached hydrogen (secondary N) is 1. The maximum Gasteiger partial charge on any atom is 0.469 e. The molecular formula is C22H40BN3O3. The highest BCUT2D eigenvalue weighted by Crippen LogP contribution is 2.42. The monoisotopic (exact) mass is 405 g/mol. The summed E-state index contributed by atoms with van der Waals surface area (Å²) in [6.45, 7) is 3.49. The van der Waals surface area contributed by atoms with Gasteiger partial charge in [-0.3, -0.25) is 4.79 Å². The average Bonchev–Trinajstić information content (AvgIpc) is 2.77. The van der Waals surface area contributed by atoms with Crippen molar-refractivity contribution in [2.75, 3.05) is 26.2 Å². The van der Waals surface area contributed by atoms with Crippen molar-refractivity contribution in [1.29, 1.82) is 0 Å². The van der Waals surface area contributed by atoms with E-state index in [4.69, 9.17) is 5.73 Å². The second kappa shape index (κ2) is 9.67. The topological polar surface area (TPSA) is 98.8 Å². The van der Waals surface area contributed by atoms with E-state index in [0.717, 1.165) is 76.5 Å². The lowest BCUT2D eigenvalue weighted by Gasteiger charge is -2.45. The molecule has 2 saturated heterocycles. The highest BCUT2D eigenvalue weighted by atomic mass is 16.4. The second-order valence-corrected chi connectivity index (χ2v) is 10.3. The quantitative estimate of drug-likeness (QED) is 0.530. The Balaban J connectivity index is 1.29. The van der Waals surface area contributed by atoms with Crippen LogP contribution in [-0.2, 0) is 4.79 Å². The maximum absolute atomic E-state index is 13.2. The predicted molar refractivity (Wildman–Crippen MR) is 115 cm³/mol. The molecule has 0 aromatic carbocycles. The van der Waals surface area contributed by atoms with Crippen LogP contribution in [0.4, 0.5) is 0 Å². The third-order valence-corrected chi connectivity index (χ3v) is 8.75. The third kappa shape index (κ3) is 4.84. The van der Waals surface area contributed by atoms with E-state index in [1.54, 1.807) is 0 Å². The summed E-state index contributed by atoms with van der Waals surface area (Å²) in [5.74, 6) is 3.12. The number of rotatable bonds is 4. The van der Waals surface area contributed by atoms with Crippen LogP contribution in [0.15, 0.2) is 0 Å². The first-order valence-corrected chi connectivity index (χ1v) is 12.1. The van der Waals surface area contributed by atoms with Crippen molar-refractivity contribution in [2.24, 2.45) is 41.2 Å². The van der Waals surface area contributed by atoms with Gasteiger partial charge in [0.05, 0.1) is 0 Å². The summed E-state index contributed by atoms with van der Waals surface area (Å²) < 4.78 is 0. The minimum absolute atomic E-state index is 0.0604. The summed E-state index contributed by atoms with van der Waals surface area (Å²) in [6, 6.07) is 0. The fourth-order valence-corrected chi connectivity index (χ4v) is 7.03. The van der Waals surface area contributed by atoms with Crippen molar-refractivity contribution < 1.29 is 14.8 Å². The van der Waals surface area contributed by atoms with Crippen LogP contribution in [0.25, 0.3) is 0 Å². The van der Waals surface area contributed by atoms with Gasteiger partial charge in [-0.05, 0) is 94.0 Å². The van der Waals surface area contributed by atoms with E-state index in [9.17, 15) is 14.8 Å². The lowest BCUT2D eigenvalue weighted by molar-refractivity contribution is -0.139. The lowest BCUT2D eigenvalue weighted by atomic mass is 9.59. The molecule has 164 valence electrons. The number of carbonyl (C=O) groups is 1. The van der Waals surface area contributed by atoms with Gasteiger partial charge in [0.25, 0.3) is 0 Å². The van der Waals surface area contributed by atoms with Crippen LogP contribution >= 0.6 is 0 Å². The summed E-state index contributed by atoms with van der Waals surface area (Å²) in [4.78, 5) is 15.4. The molecule has 0 radical (unpaired) electrons. The first kappa shape index (κ1) is 21.6. The molecular weight excluding hydrogens is 365 g/mol. The molecule has 7 heteroatoms. The highest BCUT2D eigenvalue weighted by molar-refractivity contribution is 6.43. The lowest BCUT2D eigenvalue weighted by Crippen LogP contribution is -2.57. The Bertz CT molecular complexity index is 555. The first-order valence-electron chi connectivity index (χ1n) is 12.1. The Kier molecular flexibility index (Phi) is 7.20. The summed E-state index contributed by atoms with van der Waals surface area (Å²) in [5.41, 5.74) is 5.93. The SMILES string of the molecule is NCC1CCCC(C2CCN(C(=O)C3CCC4CCNC(B(O)O)C4C3)CC2)C1. The Morgan fingerprint density at radius 3 is 2.48 bits per heavy atom. The fourth-order valence-electron chi connectivity index (χ4n) is 7.03. The molecule has 2 aliphatic carbocycles. The molecule has 2 heterocycles. The smallest absolute Gasteiger partial charge is 0.426 e. The molecule has 0 aromatic heterocycles. The van der Waals surface area contributed by atoms with E-state index in [0.29, 0.717) is 17.7 Å². The van der Waals surface area contributed by atoms with Gasteiger partial charge in [0.2, 0.25) is 5.91 Å². The molecule has 4 rings (SSSR count). The van der Waals surface area contributed by atoms with Crippen LogP contribution in [-0.4, -0.2) is 60.1 Å². The van der Waals surface area contributed by atoms with Crippen molar-refractivity contribution >= 4 is 13.0 Å². The zero-order valence-electron chi connectivity index (χ0n) is 17.8. The van der Waals surface area contributed by atoms with Crippen LogP contribution in [0.2, 0.25) is 0 Å². The average molecular weight is 405 g/mol. The highest BCUT2D eigenvalue weighted by Gasteiger charge is 2.45. The van der Waals surface area contributed by atoms with Crippen LogP contribution in [0.1, 0.15) is 64.2 Å². The number of nitrogens with two attached hydrogens (primary N) is 1. The van der Waals surface area contributed by atoms with E-state index in [-0.39, 0.29) is 17.8 Å². The van der Waals surface area contributed by atoms with Gasteiger partial charge in [-0.15, -0.1) is 0 Å². The largest absolute Gasteiger partial charge is 0.469 e. The van der Waals surface area contributed by atoms with Gasteiger partial charge in [0.1, 0.15) is 0 Å². The van der Waals surface area contributed by atoms with Crippen LogP contribution in [0.5, 0.6) is 0 Å². The number of amides is 1. The molecule has 0 spiro atoms. The molecule has 4 fully saturated rings. The third-order valence-electron chi connectivity index (χ3n) is 8.75. The Morgan fingerprint density at radius 1 is 0.966 bits per heavy atom. The van der Waals surface area contributed by atoms with Crippen molar-refractivity contribution in [3.05, 3.63) is 0 Å². The molecule has 1 amide bonds. The molecule has 6 atom stereocenters. The predicted octanol–water partition coefficient (Wildman–Crippen LogP) is 1.40. The van der Waals surface area contributed by atoms with Gasteiger partial charge in [-0.1, -0.05) is 12.8 Å². The van der Waals surface area contributed by atoms with Gasteiger partial charge < -0.3 is 26.0 Å². The van der Waals surface area contributed by atoms with E-state index in [1.807, 2.05) is 0 Å². The number of hydrogen-bond donors (Lipinski definition) is 4. The minimum atomic E-state index is -1.33. The molecule has 6 unspecified atom stereocenters. The van der Waals surface area contributed by atoms with Gasteiger partial charge in [0.15, 0.2) is 0 Å². The zero-order chi connectivity index (χ0) is 20.4. The minimum Gasteiger partial charge on any atom is -0.426 e. The van der Waals surface area contributed by atoms with Crippen LogP contribution in [0, 0.1) is 35.5 Å². The van der Waals surface area contributed by atoms with Gasteiger partial charge >= 0.3 is 7.12 Å². The normalized spacial score (nSPS) is 39.1. The first-order chi connectivity index (χ1) is 14.1. The summed E-state index contributed by atoms with van der Waals surface area (Å²) in [6.07, 6.45) is 11.5. The van der Waals surface area contributed by atoms with Crippen molar-refractivity contribution in [1.82, 2.24) is 10.2 Å². The fraction of sp³-hybridized carbons (Fsp3) is 0.955. The maximum atomic E-state index is 13.2. The van der Waals surface area contributed by atoms with Crippen LogP contribution in [0.3, 0.4) is 0 Å². The molecule has 29 heavy (non-hydrogen) atoms.